The first-order chi connectivity index (χ1) is 6.64. The molecule has 0 saturated heterocycles. The summed E-state index contributed by atoms with van der Waals surface area (Å²) in [5.41, 5.74) is 1.91. The monoisotopic (exact) mass is 230 g/mol. The Morgan fingerprint density at radius 1 is 1.00 bits per heavy atom. The van der Waals surface area contributed by atoms with Crippen molar-refractivity contribution < 1.29 is 8.85 Å². The molecule has 0 unspecified atom stereocenters. The largest absolute Gasteiger partial charge is 0.388 e. The van der Waals surface area contributed by atoms with Crippen LogP contribution in [0.25, 0.3) is 0 Å². The molecule has 0 aliphatic rings. The molecule has 3 heteroatoms. The maximum atomic E-state index is 6.06. The van der Waals surface area contributed by atoms with Crippen LogP contribution in [-0.2, 0) is 8.85 Å². The van der Waals surface area contributed by atoms with Crippen molar-refractivity contribution in [2.24, 2.45) is 0 Å². The molecule has 0 aliphatic carbocycles. The van der Waals surface area contributed by atoms with Crippen LogP contribution in [0.15, 0.2) is 12.3 Å². The fraction of sp³-hybridized carbons (Fsp3) is 0.833. The second kappa shape index (κ2) is 5.28. The van der Waals surface area contributed by atoms with Crippen molar-refractivity contribution in [2.45, 2.75) is 65.7 Å². The fourth-order valence-corrected chi connectivity index (χ4v) is 4.45. The van der Waals surface area contributed by atoms with Crippen molar-refractivity contribution in [2.75, 3.05) is 0 Å². The van der Waals surface area contributed by atoms with E-state index in [1.54, 1.807) is 0 Å². The van der Waals surface area contributed by atoms with Gasteiger partial charge in [0.25, 0.3) is 0 Å². The normalized spacial score (nSPS) is 13.7. The molecule has 0 N–H and O–H groups in total. The minimum absolute atomic E-state index is 0.00326. The van der Waals surface area contributed by atoms with Crippen LogP contribution in [0.1, 0.15) is 48.5 Å². The summed E-state index contributed by atoms with van der Waals surface area (Å²) in [6.45, 7) is 18.6. The summed E-state index contributed by atoms with van der Waals surface area (Å²) in [4.78, 5) is 0. The molecule has 0 aromatic rings. The van der Waals surface area contributed by atoms with Gasteiger partial charge in [0.15, 0.2) is 0 Å². The zero-order valence-electron chi connectivity index (χ0n) is 11.3. The highest BCUT2D eigenvalue weighted by Crippen LogP contribution is 2.39. The topological polar surface area (TPSA) is 18.5 Å². The van der Waals surface area contributed by atoms with Crippen LogP contribution in [0.3, 0.4) is 0 Å². The summed E-state index contributed by atoms with van der Waals surface area (Å²) in [7, 11) is -2.33. The Balaban J connectivity index is 5.02. The van der Waals surface area contributed by atoms with Gasteiger partial charge in [0.2, 0.25) is 0 Å². The molecule has 0 heterocycles. The number of rotatable bonds is 5. The molecule has 0 fully saturated rings. The third-order valence-corrected chi connectivity index (χ3v) is 6.41. The first-order valence-electron chi connectivity index (χ1n) is 5.64. The van der Waals surface area contributed by atoms with Crippen LogP contribution in [0.2, 0.25) is 5.04 Å². The van der Waals surface area contributed by atoms with Crippen molar-refractivity contribution in [3.63, 3.8) is 0 Å². The van der Waals surface area contributed by atoms with E-state index < -0.39 is 8.56 Å². The van der Waals surface area contributed by atoms with Gasteiger partial charge in [-0.1, -0.05) is 20.8 Å². The molecule has 0 saturated carbocycles. The minimum atomic E-state index is -2.33. The zero-order chi connectivity index (χ0) is 12.3. The third kappa shape index (κ3) is 4.09. The Kier molecular flexibility index (Phi) is 5.24. The van der Waals surface area contributed by atoms with Crippen LogP contribution < -0.4 is 0 Å². The van der Waals surface area contributed by atoms with E-state index in [1.165, 1.54) is 0 Å². The summed E-state index contributed by atoms with van der Waals surface area (Å²) >= 11 is 0. The minimum Gasteiger partial charge on any atom is -0.388 e. The first kappa shape index (κ1) is 14.9. The Bertz CT molecular complexity index is 194. The predicted molar refractivity (Wildman–Crippen MR) is 68.1 cm³/mol. The van der Waals surface area contributed by atoms with Gasteiger partial charge < -0.3 is 8.85 Å². The van der Waals surface area contributed by atoms with Gasteiger partial charge in [-0.15, -0.1) is 6.58 Å². The van der Waals surface area contributed by atoms with Gasteiger partial charge in [0.05, 0.1) is 0 Å². The molecule has 0 rings (SSSR count). The van der Waals surface area contributed by atoms with Gasteiger partial charge in [-0.2, -0.15) is 0 Å². The van der Waals surface area contributed by atoms with E-state index >= 15 is 0 Å². The van der Waals surface area contributed by atoms with Crippen LogP contribution >= 0.6 is 0 Å². The van der Waals surface area contributed by atoms with E-state index in [0.717, 1.165) is 0 Å². The fourth-order valence-electron chi connectivity index (χ4n) is 1.48. The van der Waals surface area contributed by atoms with Gasteiger partial charge in [0.1, 0.15) is 0 Å². The van der Waals surface area contributed by atoms with Gasteiger partial charge in [-0.3, -0.25) is 0 Å². The van der Waals surface area contributed by atoms with Crippen LogP contribution in [0.5, 0.6) is 0 Å². The average Bonchev–Trinajstić information content (AvgIpc) is 1.98. The number of hydrogen-bond donors (Lipinski definition) is 0. The molecular weight excluding hydrogens is 204 g/mol. The van der Waals surface area contributed by atoms with Crippen molar-refractivity contribution in [1.82, 2.24) is 0 Å². The van der Waals surface area contributed by atoms with Gasteiger partial charge >= 0.3 is 8.56 Å². The van der Waals surface area contributed by atoms with Gasteiger partial charge in [0, 0.05) is 17.2 Å². The highest BCUT2D eigenvalue weighted by molar-refractivity contribution is 6.75. The lowest BCUT2D eigenvalue weighted by Crippen LogP contribution is -2.51. The predicted octanol–water partition coefficient (Wildman–Crippen LogP) is 3.80. The molecule has 15 heavy (non-hydrogen) atoms. The molecule has 0 radical (unpaired) electrons. The van der Waals surface area contributed by atoms with E-state index in [9.17, 15) is 0 Å². The Hall–Kier alpha value is -0.123. The van der Waals surface area contributed by atoms with Crippen molar-refractivity contribution >= 4 is 8.56 Å². The Morgan fingerprint density at radius 3 is 1.47 bits per heavy atom. The Morgan fingerprint density at radius 2 is 1.33 bits per heavy atom. The lowest BCUT2D eigenvalue weighted by molar-refractivity contribution is 0.0980. The summed E-state index contributed by atoms with van der Waals surface area (Å²) in [5, 5.41) is 0.00326. The molecule has 0 aliphatic heterocycles. The van der Waals surface area contributed by atoms with E-state index in [4.69, 9.17) is 8.85 Å². The van der Waals surface area contributed by atoms with E-state index in [0.29, 0.717) is 0 Å². The molecule has 0 spiro atoms. The maximum absolute atomic E-state index is 6.06. The highest BCUT2D eigenvalue weighted by atomic mass is 28.4. The van der Waals surface area contributed by atoms with Crippen LogP contribution in [-0.4, -0.2) is 20.8 Å². The third-order valence-electron chi connectivity index (χ3n) is 2.14. The van der Waals surface area contributed by atoms with Crippen LogP contribution in [0, 0.1) is 0 Å². The molecule has 0 bridgehead atoms. The van der Waals surface area contributed by atoms with E-state index in [1.807, 2.05) is 33.4 Å². The number of hydrogen-bond acceptors (Lipinski definition) is 2. The molecule has 0 aromatic carbocycles. The maximum Gasteiger partial charge on any atom is 0.370 e. The van der Waals surface area contributed by atoms with Gasteiger partial charge in [-0.25, -0.2) is 0 Å². The molecular formula is C12H26O2Si. The van der Waals surface area contributed by atoms with E-state index in [-0.39, 0.29) is 17.2 Å². The van der Waals surface area contributed by atoms with Gasteiger partial charge in [-0.05, 0) is 33.4 Å². The second-order valence-corrected chi connectivity index (χ2v) is 9.17. The SMILES string of the molecule is C=C[Si](OC(C)C)(OC(C)C)C(C)(C)C. The van der Waals surface area contributed by atoms with Crippen molar-refractivity contribution in [3.05, 3.63) is 12.3 Å². The average molecular weight is 230 g/mol. The Labute approximate surface area is 95.9 Å². The molecule has 0 aromatic heterocycles. The first-order valence-corrected chi connectivity index (χ1v) is 7.53. The summed E-state index contributed by atoms with van der Waals surface area (Å²) in [6.07, 6.45) is 0.347. The molecule has 90 valence electrons. The lowest BCUT2D eigenvalue weighted by atomic mass is 10.2. The highest BCUT2D eigenvalue weighted by Gasteiger charge is 2.48. The summed E-state index contributed by atoms with van der Waals surface area (Å²) in [5.74, 6) is 0. The lowest BCUT2D eigenvalue weighted by Gasteiger charge is -2.41. The second-order valence-electron chi connectivity index (χ2n) is 5.45. The molecule has 0 amide bonds. The molecule has 0 atom stereocenters. The zero-order valence-corrected chi connectivity index (χ0v) is 12.3. The summed E-state index contributed by atoms with van der Waals surface area (Å²) < 4.78 is 12.1. The molecule has 2 nitrogen and oxygen atoms in total. The quantitative estimate of drug-likeness (QED) is 0.669. The van der Waals surface area contributed by atoms with Crippen molar-refractivity contribution in [1.29, 1.82) is 0 Å². The smallest absolute Gasteiger partial charge is 0.370 e. The van der Waals surface area contributed by atoms with Crippen LogP contribution in [0.4, 0.5) is 0 Å². The summed E-state index contributed by atoms with van der Waals surface area (Å²) in [6, 6.07) is 0. The van der Waals surface area contributed by atoms with Crippen molar-refractivity contribution in [3.8, 4) is 0 Å². The standard InChI is InChI=1S/C12H26O2Si/c1-9-15(12(6,7)8,13-10(2)3)14-11(4)5/h9-11H,1H2,2-8H3. The van der Waals surface area contributed by atoms with E-state index in [2.05, 4.69) is 27.4 Å².